The summed E-state index contributed by atoms with van der Waals surface area (Å²) in [5, 5.41) is 0. The first-order chi connectivity index (χ1) is 10.8. The molecule has 1 fully saturated rings. The smallest absolute Gasteiger partial charge is 0.410 e. The molecular formula is C18H22FNO3. The molecule has 0 N–H and O–H groups in total. The maximum atomic E-state index is 13.9. The second kappa shape index (κ2) is 6.94. The van der Waals surface area contributed by atoms with Crippen molar-refractivity contribution in [1.82, 2.24) is 4.90 Å². The molecule has 1 amide bonds. The van der Waals surface area contributed by atoms with Crippen molar-refractivity contribution in [1.29, 1.82) is 0 Å². The van der Waals surface area contributed by atoms with Crippen molar-refractivity contribution in [3.05, 3.63) is 40.7 Å². The Labute approximate surface area is 135 Å². The Balaban J connectivity index is 1.99. The summed E-state index contributed by atoms with van der Waals surface area (Å²) in [4.78, 5) is 24.3. The monoisotopic (exact) mass is 319 g/mol. The van der Waals surface area contributed by atoms with Gasteiger partial charge in [-0.3, -0.25) is 4.79 Å². The number of carbonyl (C=O) groups excluding carboxylic acids is 2. The molecule has 1 saturated heterocycles. The lowest BCUT2D eigenvalue weighted by Gasteiger charge is -2.31. The third-order valence-corrected chi connectivity index (χ3v) is 3.58. The van der Waals surface area contributed by atoms with E-state index in [-0.39, 0.29) is 6.09 Å². The van der Waals surface area contributed by atoms with Crippen LogP contribution in [0.15, 0.2) is 23.8 Å². The number of rotatable bonds is 2. The summed E-state index contributed by atoms with van der Waals surface area (Å²) in [6.45, 7) is 6.65. The summed E-state index contributed by atoms with van der Waals surface area (Å²) >= 11 is 0. The molecule has 0 atom stereocenters. The molecule has 5 heteroatoms. The summed E-state index contributed by atoms with van der Waals surface area (Å²) in [6.07, 6.45) is 3.50. The first kappa shape index (κ1) is 17.2. The number of nitrogens with zero attached hydrogens (tertiary/aromatic N) is 1. The number of carbonyl (C=O) groups is 2. The van der Waals surface area contributed by atoms with Gasteiger partial charge in [0, 0.05) is 24.2 Å². The molecule has 1 heterocycles. The van der Waals surface area contributed by atoms with E-state index in [1.807, 2.05) is 20.8 Å². The standard InChI is InChI=1S/C18H22FNO3/c1-18(2,3)23-17(22)20-8-6-13(7-9-20)10-15-5-4-14(12-21)11-16(15)19/h4-5,10-12H,6-9H2,1-3H3. The molecule has 0 bridgehead atoms. The minimum Gasteiger partial charge on any atom is -0.444 e. The second-order valence-electron chi connectivity index (χ2n) is 6.67. The van der Waals surface area contributed by atoms with E-state index in [1.54, 1.807) is 23.1 Å². The topological polar surface area (TPSA) is 46.6 Å². The summed E-state index contributed by atoms with van der Waals surface area (Å²) in [6, 6.07) is 4.43. The third kappa shape index (κ3) is 4.91. The van der Waals surface area contributed by atoms with Gasteiger partial charge in [0.25, 0.3) is 0 Å². The minimum atomic E-state index is -0.503. The zero-order valence-corrected chi connectivity index (χ0v) is 13.8. The van der Waals surface area contributed by atoms with Gasteiger partial charge in [0.15, 0.2) is 0 Å². The largest absolute Gasteiger partial charge is 0.444 e. The maximum Gasteiger partial charge on any atom is 0.410 e. The van der Waals surface area contributed by atoms with E-state index < -0.39 is 11.4 Å². The van der Waals surface area contributed by atoms with Crippen molar-refractivity contribution in [2.24, 2.45) is 0 Å². The van der Waals surface area contributed by atoms with Gasteiger partial charge in [0.2, 0.25) is 0 Å². The number of piperidine rings is 1. The first-order valence-electron chi connectivity index (χ1n) is 7.70. The highest BCUT2D eigenvalue weighted by Gasteiger charge is 2.24. The van der Waals surface area contributed by atoms with Crippen LogP contribution in [0.2, 0.25) is 0 Å². The van der Waals surface area contributed by atoms with Crippen LogP contribution in [0, 0.1) is 5.82 Å². The van der Waals surface area contributed by atoms with Gasteiger partial charge in [-0.1, -0.05) is 23.8 Å². The van der Waals surface area contributed by atoms with Crippen LogP contribution in [-0.4, -0.2) is 36.0 Å². The molecule has 23 heavy (non-hydrogen) atoms. The van der Waals surface area contributed by atoms with Crippen molar-refractivity contribution in [2.45, 2.75) is 39.2 Å². The van der Waals surface area contributed by atoms with Crippen molar-refractivity contribution in [3.63, 3.8) is 0 Å². The Morgan fingerprint density at radius 3 is 2.43 bits per heavy atom. The predicted octanol–water partition coefficient (Wildman–Crippen LogP) is 4.05. The van der Waals surface area contributed by atoms with Crippen LogP contribution in [0.25, 0.3) is 6.08 Å². The Bertz CT molecular complexity index is 622. The fourth-order valence-corrected chi connectivity index (χ4v) is 2.40. The molecule has 4 nitrogen and oxygen atoms in total. The highest BCUT2D eigenvalue weighted by atomic mass is 19.1. The van der Waals surface area contributed by atoms with Gasteiger partial charge in [-0.2, -0.15) is 0 Å². The fourth-order valence-electron chi connectivity index (χ4n) is 2.40. The van der Waals surface area contributed by atoms with Gasteiger partial charge in [-0.25, -0.2) is 9.18 Å². The second-order valence-corrected chi connectivity index (χ2v) is 6.67. The van der Waals surface area contributed by atoms with Crippen LogP contribution in [0.3, 0.4) is 0 Å². The zero-order chi connectivity index (χ0) is 17.0. The van der Waals surface area contributed by atoms with E-state index in [0.717, 1.165) is 5.57 Å². The Morgan fingerprint density at radius 2 is 1.91 bits per heavy atom. The van der Waals surface area contributed by atoms with E-state index >= 15 is 0 Å². The van der Waals surface area contributed by atoms with Crippen LogP contribution in [0.1, 0.15) is 49.5 Å². The Hall–Kier alpha value is -2.17. The summed E-state index contributed by atoms with van der Waals surface area (Å²) in [7, 11) is 0. The third-order valence-electron chi connectivity index (χ3n) is 3.58. The van der Waals surface area contributed by atoms with E-state index in [0.29, 0.717) is 43.3 Å². The number of benzene rings is 1. The van der Waals surface area contributed by atoms with Gasteiger partial charge >= 0.3 is 6.09 Å². The molecule has 2 rings (SSSR count). The lowest BCUT2D eigenvalue weighted by atomic mass is 10.0. The highest BCUT2D eigenvalue weighted by Crippen LogP contribution is 2.22. The summed E-state index contributed by atoms with van der Waals surface area (Å²) in [5.41, 5.74) is 1.37. The molecule has 1 aromatic carbocycles. The summed E-state index contributed by atoms with van der Waals surface area (Å²) < 4.78 is 19.2. The Kier molecular flexibility index (Phi) is 5.19. The molecule has 0 aliphatic carbocycles. The van der Waals surface area contributed by atoms with Crippen LogP contribution < -0.4 is 0 Å². The van der Waals surface area contributed by atoms with E-state index in [1.165, 1.54) is 6.07 Å². The quantitative estimate of drug-likeness (QED) is 0.773. The molecule has 1 aromatic rings. The fraction of sp³-hybridized carbons (Fsp3) is 0.444. The van der Waals surface area contributed by atoms with Crippen molar-refractivity contribution >= 4 is 18.5 Å². The highest BCUT2D eigenvalue weighted by molar-refractivity contribution is 5.75. The van der Waals surface area contributed by atoms with Crippen LogP contribution in [0.5, 0.6) is 0 Å². The molecule has 0 aromatic heterocycles. The lowest BCUT2D eigenvalue weighted by molar-refractivity contribution is 0.0237. The van der Waals surface area contributed by atoms with Gasteiger partial charge < -0.3 is 9.64 Å². The number of ether oxygens (including phenoxy) is 1. The van der Waals surface area contributed by atoms with Crippen LogP contribution in [-0.2, 0) is 4.74 Å². The molecule has 0 spiro atoms. The van der Waals surface area contributed by atoms with Gasteiger partial charge in [-0.15, -0.1) is 0 Å². The zero-order valence-electron chi connectivity index (χ0n) is 13.8. The predicted molar refractivity (Wildman–Crippen MR) is 86.8 cm³/mol. The van der Waals surface area contributed by atoms with E-state index in [4.69, 9.17) is 4.74 Å². The van der Waals surface area contributed by atoms with E-state index in [9.17, 15) is 14.0 Å². The molecule has 0 unspecified atom stereocenters. The average Bonchev–Trinajstić information content (AvgIpc) is 2.48. The number of hydrogen-bond donors (Lipinski definition) is 0. The number of aldehydes is 1. The minimum absolute atomic E-state index is 0.307. The average molecular weight is 319 g/mol. The lowest BCUT2D eigenvalue weighted by Crippen LogP contribution is -2.40. The van der Waals surface area contributed by atoms with E-state index in [2.05, 4.69) is 0 Å². The first-order valence-corrected chi connectivity index (χ1v) is 7.70. The van der Waals surface area contributed by atoms with Crippen LogP contribution in [0.4, 0.5) is 9.18 Å². The number of halogens is 1. The number of amides is 1. The van der Waals surface area contributed by atoms with Gasteiger partial charge in [-0.05, 0) is 39.7 Å². The molecular weight excluding hydrogens is 297 g/mol. The van der Waals surface area contributed by atoms with Crippen molar-refractivity contribution in [2.75, 3.05) is 13.1 Å². The number of likely N-dealkylation sites (tertiary alicyclic amines) is 1. The molecule has 1 aliphatic rings. The van der Waals surface area contributed by atoms with Crippen LogP contribution >= 0.6 is 0 Å². The molecule has 0 radical (unpaired) electrons. The van der Waals surface area contributed by atoms with Crippen molar-refractivity contribution in [3.8, 4) is 0 Å². The maximum absolute atomic E-state index is 13.9. The van der Waals surface area contributed by atoms with Gasteiger partial charge in [0.05, 0.1) is 0 Å². The van der Waals surface area contributed by atoms with Crippen molar-refractivity contribution < 1.29 is 18.7 Å². The molecule has 1 aliphatic heterocycles. The Morgan fingerprint density at radius 1 is 1.26 bits per heavy atom. The SMILES string of the molecule is CC(C)(C)OC(=O)N1CCC(=Cc2ccc(C=O)cc2F)CC1. The number of hydrogen-bond acceptors (Lipinski definition) is 3. The molecule has 124 valence electrons. The van der Waals surface area contributed by atoms with Gasteiger partial charge in [0.1, 0.15) is 17.7 Å². The normalized spacial score (nSPS) is 15.3. The molecule has 0 saturated carbocycles. The summed E-state index contributed by atoms with van der Waals surface area (Å²) in [5.74, 6) is -0.406.